The summed E-state index contributed by atoms with van der Waals surface area (Å²) in [5.74, 6) is 1.02. The van der Waals surface area contributed by atoms with Gasteiger partial charge in [-0.2, -0.15) is 14.8 Å². The van der Waals surface area contributed by atoms with Crippen LogP contribution in [0.1, 0.15) is 35.2 Å². The van der Waals surface area contributed by atoms with Gasteiger partial charge in [0.1, 0.15) is 0 Å². The lowest BCUT2D eigenvalue weighted by atomic mass is 9.91. The fourth-order valence-electron chi connectivity index (χ4n) is 6.36. The van der Waals surface area contributed by atoms with Crippen molar-refractivity contribution in [2.45, 2.75) is 30.5 Å². The van der Waals surface area contributed by atoms with Crippen molar-refractivity contribution in [1.82, 2.24) is 44.6 Å². The van der Waals surface area contributed by atoms with E-state index in [1.54, 1.807) is 11.6 Å². The second-order valence-corrected chi connectivity index (χ2v) is 11.8. The Hall–Kier alpha value is -5.52. The van der Waals surface area contributed by atoms with Crippen LogP contribution in [0, 0.1) is 0 Å². The van der Waals surface area contributed by atoms with Gasteiger partial charge in [0.15, 0.2) is 41.5 Å². The fraction of sp³-hybridized carbons (Fsp3) is 0.394. The molecule has 2 aromatic carbocycles. The molecule has 2 N–H and O–H groups in total. The first-order chi connectivity index (χ1) is 24.6. The molecule has 17 heteroatoms. The lowest BCUT2D eigenvalue weighted by Gasteiger charge is -2.26. The fourth-order valence-corrected chi connectivity index (χ4v) is 6.36. The number of ether oxygens (including phenoxy) is 4. The zero-order chi connectivity index (χ0) is 34.3. The summed E-state index contributed by atoms with van der Waals surface area (Å²) >= 11 is 0. The van der Waals surface area contributed by atoms with Crippen molar-refractivity contribution in [3.8, 4) is 0 Å². The Morgan fingerprint density at radius 2 is 1.64 bits per heavy atom. The molecule has 0 spiro atoms. The summed E-state index contributed by atoms with van der Waals surface area (Å²) in [6.45, 7) is 5.51. The van der Waals surface area contributed by atoms with Gasteiger partial charge in [-0.1, -0.05) is 60.7 Å². The van der Waals surface area contributed by atoms with Crippen LogP contribution in [0.4, 0.5) is 11.8 Å². The molecule has 260 valence electrons. The van der Waals surface area contributed by atoms with E-state index in [9.17, 15) is 9.59 Å². The third-order valence-corrected chi connectivity index (χ3v) is 8.78. The minimum Gasteiger partial charge on any atom is -0.457 e. The minimum atomic E-state index is -1.09. The number of imidazole rings is 1. The Labute approximate surface area is 286 Å². The molecule has 0 saturated carbocycles. The molecule has 17 nitrogen and oxygen atoms in total. The summed E-state index contributed by atoms with van der Waals surface area (Å²) in [4.78, 5) is 41.3. The average molecular weight is 684 g/mol. The molecule has 0 aliphatic carbocycles. The molecule has 2 fully saturated rings. The second kappa shape index (κ2) is 15.4. The smallest absolute Gasteiger partial charge is 0.293 e. The Kier molecular flexibility index (Phi) is 10.1. The summed E-state index contributed by atoms with van der Waals surface area (Å²) in [7, 11) is 1.60. The number of fused-ring (bicyclic) bond motifs is 1. The molecule has 50 heavy (non-hydrogen) atoms. The van der Waals surface area contributed by atoms with Crippen LogP contribution in [0.3, 0.4) is 0 Å². The zero-order valence-corrected chi connectivity index (χ0v) is 27.3. The lowest BCUT2D eigenvalue weighted by Crippen LogP contribution is -2.39. The third-order valence-electron chi connectivity index (χ3n) is 8.78. The molecule has 0 unspecified atom stereocenters. The Bertz CT molecular complexity index is 1830. The van der Waals surface area contributed by atoms with Gasteiger partial charge in [-0.25, -0.2) is 4.98 Å². The van der Waals surface area contributed by atoms with Crippen LogP contribution in [-0.4, -0.2) is 116 Å². The van der Waals surface area contributed by atoms with Gasteiger partial charge in [-0.05, 0) is 16.3 Å². The highest BCUT2D eigenvalue weighted by molar-refractivity contribution is 5.84. The van der Waals surface area contributed by atoms with Crippen molar-refractivity contribution < 1.29 is 28.5 Å². The lowest BCUT2D eigenvalue weighted by molar-refractivity contribution is -0.151. The standard InChI is InChI=1S/C33H37N11O6/c1-42-40-30(39-41-42)27-26(48-20-45)28(49-21-46)32(50-27)44-19-36-25-29(37-33(38-31(25)44)34-12-13-43-14-16-47-17-15-43)35-18-24(22-8-4-2-5-9-22)23-10-6-3-7-11-23/h2-11,19-21,24,26-28,32H,12-18H2,1H3,(H2,34,35,37,38)/t26-,27-,28+,32+/m0/s1. The highest BCUT2D eigenvalue weighted by atomic mass is 16.6. The van der Waals surface area contributed by atoms with Gasteiger partial charge < -0.3 is 29.6 Å². The van der Waals surface area contributed by atoms with Gasteiger partial charge in [0.05, 0.1) is 26.6 Å². The number of aromatic nitrogens is 8. The van der Waals surface area contributed by atoms with E-state index >= 15 is 0 Å². The number of rotatable bonds is 15. The largest absolute Gasteiger partial charge is 0.457 e. The van der Waals surface area contributed by atoms with Crippen LogP contribution in [-0.2, 0) is 35.6 Å². The van der Waals surface area contributed by atoms with Crippen molar-refractivity contribution in [2.24, 2.45) is 7.05 Å². The molecule has 4 atom stereocenters. The Morgan fingerprint density at radius 3 is 2.30 bits per heavy atom. The summed E-state index contributed by atoms with van der Waals surface area (Å²) in [6.07, 6.45) is -2.65. The van der Waals surface area contributed by atoms with Gasteiger partial charge in [0.25, 0.3) is 12.9 Å². The maximum Gasteiger partial charge on any atom is 0.293 e. The number of aryl methyl sites for hydroxylation is 1. The Balaban J connectivity index is 1.24. The van der Waals surface area contributed by atoms with Crippen LogP contribution < -0.4 is 10.6 Å². The number of morpholine rings is 1. The number of hydrogen-bond acceptors (Lipinski definition) is 15. The van der Waals surface area contributed by atoms with Crippen LogP contribution >= 0.6 is 0 Å². The highest BCUT2D eigenvalue weighted by Gasteiger charge is 2.52. The monoisotopic (exact) mass is 683 g/mol. The molecule has 5 heterocycles. The molecule has 2 aliphatic heterocycles. The number of nitrogens with one attached hydrogen (secondary N) is 2. The van der Waals surface area contributed by atoms with E-state index in [-0.39, 0.29) is 24.7 Å². The molecule has 0 radical (unpaired) electrons. The van der Waals surface area contributed by atoms with Crippen molar-refractivity contribution >= 4 is 35.9 Å². The topological polar surface area (TPSA) is 186 Å². The van der Waals surface area contributed by atoms with Crippen molar-refractivity contribution in [1.29, 1.82) is 0 Å². The number of nitrogens with zero attached hydrogens (tertiary/aromatic N) is 9. The molecule has 0 amide bonds. The van der Waals surface area contributed by atoms with Crippen LogP contribution in [0.25, 0.3) is 11.2 Å². The van der Waals surface area contributed by atoms with Gasteiger partial charge in [0, 0.05) is 38.6 Å². The third kappa shape index (κ3) is 7.10. The van der Waals surface area contributed by atoms with Gasteiger partial charge >= 0.3 is 0 Å². The number of tetrazole rings is 1. The van der Waals surface area contributed by atoms with Crippen LogP contribution in [0.2, 0.25) is 0 Å². The van der Waals surface area contributed by atoms with E-state index in [1.165, 1.54) is 11.1 Å². The maximum atomic E-state index is 11.7. The van der Waals surface area contributed by atoms with E-state index in [0.717, 1.165) is 30.8 Å². The number of carbonyl (C=O) groups excluding carboxylic acids is 2. The zero-order valence-electron chi connectivity index (χ0n) is 27.3. The van der Waals surface area contributed by atoms with Gasteiger partial charge in [-0.3, -0.25) is 19.1 Å². The predicted molar refractivity (Wildman–Crippen MR) is 178 cm³/mol. The first-order valence-corrected chi connectivity index (χ1v) is 16.3. The number of anilines is 2. The SMILES string of the molecule is Cn1nnc([C@H]2O[C@@H](n3cnc4c(NCC(c5ccccc5)c5ccccc5)nc(NCCN5CCOCC5)nc43)[C@H](OC=O)[C@H]2OC=O)n1. The Morgan fingerprint density at radius 1 is 0.940 bits per heavy atom. The quantitative estimate of drug-likeness (QED) is 0.152. The second-order valence-electron chi connectivity index (χ2n) is 11.8. The molecule has 2 saturated heterocycles. The van der Waals surface area contributed by atoms with E-state index < -0.39 is 24.5 Å². The number of hydrogen-bond donors (Lipinski definition) is 2. The molecule has 2 aliphatic rings. The van der Waals surface area contributed by atoms with Gasteiger partial charge in [0.2, 0.25) is 11.8 Å². The van der Waals surface area contributed by atoms with E-state index in [2.05, 4.69) is 55.2 Å². The number of benzene rings is 2. The summed E-state index contributed by atoms with van der Waals surface area (Å²) in [6, 6.07) is 20.5. The molecule has 5 aromatic rings. The predicted octanol–water partition coefficient (Wildman–Crippen LogP) is 1.69. The van der Waals surface area contributed by atoms with E-state index in [1.807, 2.05) is 36.4 Å². The average Bonchev–Trinajstić information content (AvgIpc) is 3.87. The minimum absolute atomic E-state index is 0.00672. The first-order valence-electron chi connectivity index (χ1n) is 16.3. The van der Waals surface area contributed by atoms with Crippen molar-refractivity contribution in [3.63, 3.8) is 0 Å². The summed E-state index contributed by atoms with van der Waals surface area (Å²) in [5, 5.41) is 19.1. The summed E-state index contributed by atoms with van der Waals surface area (Å²) in [5.41, 5.74) is 3.15. The molecular formula is C33H37N11O6. The van der Waals surface area contributed by atoms with E-state index in [4.69, 9.17) is 33.9 Å². The summed E-state index contributed by atoms with van der Waals surface area (Å²) < 4.78 is 24.3. The molecule has 3 aromatic heterocycles. The van der Waals surface area contributed by atoms with Crippen molar-refractivity contribution in [2.75, 3.05) is 56.6 Å². The van der Waals surface area contributed by atoms with Crippen LogP contribution in [0.15, 0.2) is 67.0 Å². The maximum absolute atomic E-state index is 11.7. The van der Waals surface area contributed by atoms with Crippen molar-refractivity contribution in [3.05, 3.63) is 83.9 Å². The van der Waals surface area contributed by atoms with Gasteiger partial charge in [-0.15, -0.1) is 10.2 Å². The first kappa shape index (κ1) is 33.0. The van der Waals surface area contributed by atoms with Crippen LogP contribution in [0.5, 0.6) is 0 Å². The van der Waals surface area contributed by atoms with E-state index in [0.29, 0.717) is 49.2 Å². The molecule has 0 bridgehead atoms. The highest BCUT2D eigenvalue weighted by Crippen LogP contribution is 2.42. The molecule has 7 rings (SSSR count). The number of carbonyl (C=O) groups is 2. The molecular weight excluding hydrogens is 646 g/mol. The normalized spacial score (nSPS) is 20.9.